The predicted molar refractivity (Wildman–Crippen MR) is 144 cm³/mol. The second kappa shape index (κ2) is 11.1. The van der Waals surface area contributed by atoms with Gasteiger partial charge in [-0.05, 0) is 73.2 Å². The molecule has 15 heteroatoms. The Balaban J connectivity index is 1.22. The van der Waals surface area contributed by atoms with Gasteiger partial charge in [0.2, 0.25) is 0 Å². The van der Waals surface area contributed by atoms with Gasteiger partial charge in [0.15, 0.2) is 5.82 Å². The molecule has 0 unspecified atom stereocenters. The molecule has 0 atom stereocenters. The summed E-state index contributed by atoms with van der Waals surface area (Å²) in [5.74, 6) is 0.0332. The van der Waals surface area contributed by atoms with Crippen molar-refractivity contribution in [3.05, 3.63) is 95.9 Å². The zero-order valence-corrected chi connectivity index (χ0v) is 22.2. The first-order chi connectivity index (χ1) is 19.9. The number of halogens is 6. The van der Waals surface area contributed by atoms with E-state index in [1.165, 1.54) is 34.0 Å². The summed E-state index contributed by atoms with van der Waals surface area (Å²) in [5, 5.41) is 14.5. The van der Waals surface area contributed by atoms with Crippen molar-refractivity contribution in [3.63, 3.8) is 0 Å². The molecule has 0 saturated heterocycles. The second-order valence-corrected chi connectivity index (χ2v) is 9.27. The zero-order valence-electron chi connectivity index (χ0n) is 21.4. The van der Waals surface area contributed by atoms with Crippen molar-refractivity contribution in [2.45, 2.75) is 19.2 Å². The maximum atomic E-state index is 13.1. The number of alkyl halides is 5. The van der Waals surface area contributed by atoms with E-state index in [1.54, 1.807) is 36.4 Å². The van der Waals surface area contributed by atoms with Crippen molar-refractivity contribution in [1.82, 2.24) is 24.5 Å². The normalized spacial score (nSPS) is 11.8. The smallest absolute Gasteiger partial charge is 0.426 e. The van der Waals surface area contributed by atoms with Crippen LogP contribution >= 0.6 is 11.6 Å². The second-order valence-electron chi connectivity index (χ2n) is 8.86. The number of hydrogen-bond acceptors (Lipinski definition) is 5. The van der Waals surface area contributed by atoms with Gasteiger partial charge in [0.05, 0.1) is 22.6 Å². The first-order valence-corrected chi connectivity index (χ1v) is 12.4. The summed E-state index contributed by atoms with van der Waals surface area (Å²) in [5.41, 5.74) is 3.00. The molecule has 5 aromatic rings. The number of nitrogens with zero attached hydrogens (tertiary/aromatic N) is 5. The van der Waals surface area contributed by atoms with Gasteiger partial charge >= 0.3 is 18.3 Å². The summed E-state index contributed by atoms with van der Waals surface area (Å²) in [7, 11) is 0. The molecule has 2 amide bonds. The first-order valence-electron chi connectivity index (χ1n) is 12.0. The molecule has 2 heterocycles. The van der Waals surface area contributed by atoms with Gasteiger partial charge in [0.1, 0.15) is 17.9 Å². The van der Waals surface area contributed by atoms with Gasteiger partial charge in [-0.25, -0.2) is 19.1 Å². The van der Waals surface area contributed by atoms with E-state index in [1.807, 2.05) is 19.1 Å². The molecule has 42 heavy (non-hydrogen) atoms. The van der Waals surface area contributed by atoms with Crippen LogP contribution < -0.4 is 15.4 Å². The number of aromatic nitrogens is 5. The maximum Gasteiger partial charge on any atom is 0.499 e. The van der Waals surface area contributed by atoms with E-state index >= 15 is 0 Å². The van der Waals surface area contributed by atoms with Crippen molar-refractivity contribution in [1.29, 1.82) is 0 Å². The maximum absolute atomic E-state index is 13.1. The van der Waals surface area contributed by atoms with Crippen LogP contribution in [0.3, 0.4) is 0 Å². The third-order valence-electron chi connectivity index (χ3n) is 5.78. The molecule has 0 fully saturated rings. The Kier molecular flexibility index (Phi) is 7.56. The fourth-order valence-corrected chi connectivity index (χ4v) is 3.95. The van der Waals surface area contributed by atoms with Crippen LogP contribution in [0.15, 0.2) is 85.3 Å². The lowest BCUT2D eigenvalue weighted by atomic mass is 10.2. The number of hydrogen-bond donors (Lipinski definition) is 2. The van der Waals surface area contributed by atoms with Crippen LogP contribution in [-0.2, 0) is 0 Å². The summed E-state index contributed by atoms with van der Waals surface area (Å²) in [6.07, 6.45) is -8.29. The highest BCUT2D eigenvalue weighted by atomic mass is 35.5. The summed E-state index contributed by atoms with van der Waals surface area (Å²) in [6, 6.07) is 17.6. The topological polar surface area (TPSA) is 98.9 Å². The van der Waals surface area contributed by atoms with Crippen LogP contribution in [0.5, 0.6) is 5.75 Å². The summed E-state index contributed by atoms with van der Waals surface area (Å²) in [4.78, 5) is 16.9. The molecule has 0 aliphatic heterocycles. The number of amides is 2. The molecule has 0 radical (unpaired) electrons. The molecule has 9 nitrogen and oxygen atoms in total. The highest BCUT2D eigenvalue weighted by Gasteiger charge is 2.61. The Labute approximate surface area is 239 Å². The Hall–Kier alpha value is -4.98. The number of aryl methyl sites for hydroxylation is 1. The summed E-state index contributed by atoms with van der Waals surface area (Å²) in [6.45, 7) is 1.91. The number of ether oxygens (including phenoxy) is 1. The Bertz CT molecular complexity index is 1720. The van der Waals surface area contributed by atoms with Gasteiger partial charge in [-0.2, -0.15) is 27.1 Å². The van der Waals surface area contributed by atoms with Gasteiger partial charge < -0.3 is 10.1 Å². The number of nitrogens with one attached hydrogen (secondary N) is 2. The van der Waals surface area contributed by atoms with E-state index in [2.05, 4.69) is 30.6 Å². The van der Waals surface area contributed by atoms with Crippen molar-refractivity contribution >= 4 is 29.1 Å². The molecule has 0 aliphatic carbocycles. The number of benzene rings is 3. The van der Waals surface area contributed by atoms with Crippen LogP contribution in [0.2, 0.25) is 5.02 Å². The van der Waals surface area contributed by atoms with Crippen LogP contribution in [0.1, 0.15) is 5.56 Å². The largest absolute Gasteiger partial charge is 0.499 e. The van der Waals surface area contributed by atoms with Gasteiger partial charge in [-0.3, -0.25) is 5.32 Å². The average Bonchev–Trinajstić information content (AvgIpc) is 3.60. The van der Waals surface area contributed by atoms with Gasteiger partial charge in [-0.15, -0.1) is 5.10 Å². The molecule has 2 N–H and O–H groups in total. The van der Waals surface area contributed by atoms with E-state index in [4.69, 9.17) is 11.6 Å². The zero-order chi connectivity index (χ0) is 30.1. The minimum absolute atomic E-state index is 0.300. The van der Waals surface area contributed by atoms with Gasteiger partial charge in [-0.1, -0.05) is 17.7 Å². The molecule has 0 spiro atoms. The fourth-order valence-electron chi connectivity index (χ4n) is 3.75. The van der Waals surface area contributed by atoms with E-state index in [9.17, 15) is 26.7 Å². The molecule has 0 saturated carbocycles. The summed E-state index contributed by atoms with van der Waals surface area (Å²) >= 11 is 6.30. The monoisotopic (exact) mass is 603 g/mol. The van der Waals surface area contributed by atoms with Gasteiger partial charge in [0, 0.05) is 17.3 Å². The summed E-state index contributed by atoms with van der Waals surface area (Å²) < 4.78 is 69.9. The molecule has 0 aliphatic rings. The molecular formula is C27H19ClF5N7O2. The predicted octanol–water partition coefficient (Wildman–Crippen LogP) is 7.26. The SMILES string of the molecule is Cc1ccc(Cl)c(-n2nccc2NC(=O)Nc2ccc(-c3ncn(-c4ccc(OC(F)(F)C(F)(F)F)cc4)n3)cc2)c1. The van der Waals surface area contributed by atoms with E-state index < -0.39 is 24.1 Å². The third kappa shape index (κ3) is 6.17. The van der Waals surface area contributed by atoms with E-state index in [-0.39, 0.29) is 0 Å². The minimum atomic E-state index is -5.85. The van der Waals surface area contributed by atoms with E-state index in [0.717, 1.165) is 17.7 Å². The number of carbonyl (C=O) groups excluding carboxylic acids is 1. The highest BCUT2D eigenvalue weighted by molar-refractivity contribution is 6.32. The molecule has 5 rings (SSSR count). The van der Waals surface area contributed by atoms with Crippen LogP contribution in [-0.4, -0.2) is 42.9 Å². The Morgan fingerprint density at radius 2 is 1.64 bits per heavy atom. The standard InChI is InChI=1S/C27H19ClF5N7O2/c1-16-2-11-21(28)22(14-16)40-23(12-13-35-40)37-25(41)36-18-5-3-17(4-6-18)24-34-15-39(38-24)19-7-9-20(10-8-19)42-27(32,33)26(29,30)31/h2-15H,1H3,(H2,36,37,41). The van der Waals surface area contributed by atoms with Crippen molar-refractivity contribution < 1.29 is 31.5 Å². The number of urea groups is 1. The van der Waals surface area contributed by atoms with Crippen molar-refractivity contribution in [2.24, 2.45) is 0 Å². The molecular weight excluding hydrogens is 585 g/mol. The van der Waals surface area contributed by atoms with Crippen LogP contribution in [0.4, 0.5) is 38.3 Å². The average molecular weight is 604 g/mol. The molecule has 3 aromatic carbocycles. The third-order valence-corrected chi connectivity index (χ3v) is 6.10. The van der Waals surface area contributed by atoms with Crippen molar-refractivity contribution in [3.8, 4) is 28.5 Å². The highest BCUT2D eigenvalue weighted by Crippen LogP contribution is 2.37. The van der Waals surface area contributed by atoms with Gasteiger partial charge in [0.25, 0.3) is 0 Å². The van der Waals surface area contributed by atoms with Crippen molar-refractivity contribution in [2.75, 3.05) is 10.6 Å². The number of rotatable bonds is 7. The molecule has 216 valence electrons. The lowest BCUT2D eigenvalue weighted by Gasteiger charge is -2.20. The molecule has 0 bridgehead atoms. The number of carbonyl (C=O) groups is 1. The van der Waals surface area contributed by atoms with Crippen LogP contribution in [0.25, 0.3) is 22.8 Å². The first kappa shape index (κ1) is 28.5. The van der Waals surface area contributed by atoms with Crippen LogP contribution in [0, 0.1) is 6.92 Å². The van der Waals surface area contributed by atoms with E-state index in [0.29, 0.717) is 39.3 Å². The Morgan fingerprint density at radius 3 is 2.33 bits per heavy atom. The minimum Gasteiger partial charge on any atom is -0.426 e. The lowest BCUT2D eigenvalue weighted by Crippen LogP contribution is -2.41. The Morgan fingerprint density at radius 1 is 0.929 bits per heavy atom. The quantitative estimate of drug-likeness (QED) is 0.191. The fraction of sp³-hybridized carbons (Fsp3) is 0.111. The molecule has 2 aromatic heterocycles. The number of anilines is 2. The lowest BCUT2D eigenvalue weighted by molar-refractivity contribution is -0.360.